The second kappa shape index (κ2) is 11.1. The summed E-state index contributed by atoms with van der Waals surface area (Å²) in [5, 5.41) is 12.9. The van der Waals surface area contributed by atoms with Crippen LogP contribution >= 0.6 is 12.2 Å². The Morgan fingerprint density at radius 3 is 2.37 bits per heavy atom. The lowest BCUT2D eigenvalue weighted by atomic mass is 9.87. The Morgan fingerprint density at radius 1 is 1.16 bits per heavy atom. The lowest BCUT2D eigenvalue weighted by Crippen LogP contribution is -2.51. The molecule has 2 atom stereocenters. The van der Waals surface area contributed by atoms with E-state index < -0.39 is 22.8 Å². The summed E-state index contributed by atoms with van der Waals surface area (Å²) in [7, 11) is 0. The maximum absolute atomic E-state index is 13.6. The number of alkyl halides is 3. The average Bonchev–Trinajstić information content (AvgIpc) is 3.01. The van der Waals surface area contributed by atoms with E-state index in [1.165, 1.54) is 23.8 Å². The molecule has 1 aromatic rings. The van der Waals surface area contributed by atoms with Gasteiger partial charge in [0.25, 0.3) is 5.91 Å². The largest absolute Gasteiger partial charge is 0.417 e. The van der Waals surface area contributed by atoms with Crippen molar-refractivity contribution in [1.82, 2.24) is 10.2 Å². The minimum atomic E-state index is -4.72. The summed E-state index contributed by atoms with van der Waals surface area (Å²) in [5.74, 6) is 0.307. The molecule has 0 aromatic heterocycles. The molecule has 6 nitrogen and oxygen atoms in total. The van der Waals surface area contributed by atoms with Crippen molar-refractivity contribution >= 4 is 28.9 Å². The fraction of sp³-hybridized carbons (Fsp3) is 0.679. The monoisotopic (exact) mass is 550 g/mol. The van der Waals surface area contributed by atoms with Gasteiger partial charge >= 0.3 is 6.18 Å². The van der Waals surface area contributed by atoms with Crippen LogP contribution in [0.15, 0.2) is 18.2 Å². The van der Waals surface area contributed by atoms with Crippen LogP contribution in [0, 0.1) is 17.2 Å². The summed E-state index contributed by atoms with van der Waals surface area (Å²) < 4.78 is 46.9. The minimum Gasteiger partial charge on any atom is -0.378 e. The van der Waals surface area contributed by atoms with E-state index in [1.807, 2.05) is 4.90 Å². The Hall–Kier alpha value is -2.22. The first-order valence-electron chi connectivity index (χ1n) is 13.5. The van der Waals surface area contributed by atoms with Gasteiger partial charge in [0, 0.05) is 24.7 Å². The van der Waals surface area contributed by atoms with Gasteiger partial charge in [-0.05, 0) is 109 Å². The third kappa shape index (κ3) is 5.85. The molecule has 0 bridgehead atoms. The molecule has 1 amide bonds. The summed E-state index contributed by atoms with van der Waals surface area (Å²) >= 11 is 5.69. The van der Waals surface area contributed by atoms with Crippen LogP contribution in [-0.2, 0) is 15.7 Å². The number of thiocarbonyl (C=S) groups is 1. The van der Waals surface area contributed by atoms with Crippen LogP contribution in [-0.4, -0.2) is 52.3 Å². The molecule has 1 aromatic carbocycles. The van der Waals surface area contributed by atoms with Crippen LogP contribution in [0.25, 0.3) is 0 Å². The van der Waals surface area contributed by atoms with Gasteiger partial charge in [0.1, 0.15) is 5.54 Å². The number of carbonyl (C=O) groups is 1. The lowest BCUT2D eigenvalue weighted by molar-refractivity contribution is -0.137. The molecule has 10 heteroatoms. The molecule has 4 rings (SSSR count). The molecule has 3 fully saturated rings. The van der Waals surface area contributed by atoms with E-state index >= 15 is 0 Å². The van der Waals surface area contributed by atoms with Gasteiger partial charge in [-0.15, -0.1) is 0 Å². The number of anilines is 1. The number of nitrogens with one attached hydrogen (secondary N) is 1. The predicted octanol–water partition coefficient (Wildman–Crippen LogP) is 5.78. The number of benzene rings is 1. The highest BCUT2D eigenvalue weighted by molar-refractivity contribution is 7.80. The van der Waals surface area contributed by atoms with Crippen LogP contribution in [0.5, 0.6) is 0 Å². The molecular weight excluding hydrogens is 513 g/mol. The number of hydrogen-bond donors (Lipinski definition) is 1. The highest BCUT2D eigenvalue weighted by Crippen LogP contribution is 2.40. The lowest BCUT2D eigenvalue weighted by Gasteiger charge is -2.41. The van der Waals surface area contributed by atoms with Crippen molar-refractivity contribution in [3.05, 3.63) is 29.3 Å². The molecule has 1 saturated carbocycles. The van der Waals surface area contributed by atoms with Crippen molar-refractivity contribution in [2.24, 2.45) is 5.92 Å². The highest BCUT2D eigenvalue weighted by atomic mass is 32.1. The van der Waals surface area contributed by atoms with Gasteiger partial charge in [0.15, 0.2) is 5.11 Å². The number of rotatable bonds is 6. The molecule has 1 aliphatic carbocycles. The molecular formula is C28H37F3N4O2S. The summed E-state index contributed by atoms with van der Waals surface area (Å²) in [6, 6.07) is 5.95. The summed E-state index contributed by atoms with van der Waals surface area (Å²) in [6.07, 6.45) is 2.14. The van der Waals surface area contributed by atoms with E-state index in [-0.39, 0.29) is 28.9 Å². The maximum Gasteiger partial charge on any atom is 0.417 e. The zero-order valence-corrected chi connectivity index (χ0v) is 23.3. The number of carbonyl (C=O) groups excluding carboxylic acids is 1. The molecule has 2 unspecified atom stereocenters. The standard InChI is InChI=1S/C28H37F3N4O2S/c1-17-13-19(14-18(2)33-17)11-12-37-23-9-7-21(8-10-23)35-26(38)34(25(36)27(35,3)4)22-6-5-20(16-32)24(15-22)28(29,30)31/h5-6,15,17-19,21,23,33H,7-14H2,1-4H3. The Labute approximate surface area is 228 Å². The quantitative estimate of drug-likeness (QED) is 0.453. The maximum atomic E-state index is 13.6. The number of amides is 1. The number of halogens is 3. The van der Waals surface area contributed by atoms with Crippen LogP contribution in [0.3, 0.4) is 0 Å². The Balaban J connectivity index is 1.39. The van der Waals surface area contributed by atoms with E-state index in [0.717, 1.165) is 50.8 Å². The second-order valence-corrected chi connectivity index (χ2v) is 12.0. The zero-order chi connectivity index (χ0) is 27.8. The third-order valence-electron chi connectivity index (χ3n) is 8.24. The molecule has 2 saturated heterocycles. The molecule has 38 heavy (non-hydrogen) atoms. The summed E-state index contributed by atoms with van der Waals surface area (Å²) in [6.45, 7) is 8.74. The Morgan fingerprint density at radius 2 is 1.79 bits per heavy atom. The van der Waals surface area contributed by atoms with Gasteiger partial charge in [-0.3, -0.25) is 9.69 Å². The van der Waals surface area contributed by atoms with Crippen LogP contribution in [0.2, 0.25) is 0 Å². The first kappa shape index (κ1) is 28.8. The van der Waals surface area contributed by atoms with Crippen molar-refractivity contribution in [3.63, 3.8) is 0 Å². The number of hydrogen-bond acceptors (Lipinski definition) is 5. The number of ether oxygens (including phenoxy) is 1. The van der Waals surface area contributed by atoms with Crippen molar-refractivity contribution in [1.29, 1.82) is 5.26 Å². The molecule has 0 spiro atoms. The molecule has 208 valence electrons. The number of nitriles is 1. The van der Waals surface area contributed by atoms with E-state index in [1.54, 1.807) is 19.9 Å². The molecule has 2 heterocycles. The molecule has 3 aliphatic rings. The zero-order valence-electron chi connectivity index (χ0n) is 22.5. The first-order valence-corrected chi connectivity index (χ1v) is 13.9. The van der Waals surface area contributed by atoms with Gasteiger partial charge < -0.3 is 15.0 Å². The molecule has 0 radical (unpaired) electrons. The van der Waals surface area contributed by atoms with Gasteiger partial charge in [0.05, 0.1) is 29.0 Å². The van der Waals surface area contributed by atoms with Crippen molar-refractivity contribution in [2.75, 3.05) is 11.5 Å². The Bertz CT molecular complexity index is 1080. The highest BCUT2D eigenvalue weighted by Gasteiger charge is 2.52. The van der Waals surface area contributed by atoms with Crippen molar-refractivity contribution in [3.8, 4) is 6.07 Å². The molecule has 1 N–H and O–H groups in total. The SMILES string of the molecule is CC1CC(CCOC2CCC(N3C(=S)N(c4ccc(C#N)c(C(F)(F)F)c4)C(=O)C3(C)C)CC2)CC(C)N1. The molecule has 2 aliphatic heterocycles. The smallest absolute Gasteiger partial charge is 0.378 e. The van der Waals surface area contributed by atoms with E-state index in [4.69, 9.17) is 22.2 Å². The normalized spacial score (nSPS) is 30.0. The van der Waals surface area contributed by atoms with E-state index in [2.05, 4.69) is 19.2 Å². The summed E-state index contributed by atoms with van der Waals surface area (Å²) in [5.41, 5.74) is -2.53. The Kier molecular flexibility index (Phi) is 8.41. The minimum absolute atomic E-state index is 0.00196. The van der Waals surface area contributed by atoms with E-state index in [9.17, 15) is 18.0 Å². The van der Waals surface area contributed by atoms with Crippen molar-refractivity contribution in [2.45, 2.75) is 109 Å². The van der Waals surface area contributed by atoms with Gasteiger partial charge in [-0.1, -0.05) is 0 Å². The van der Waals surface area contributed by atoms with E-state index in [0.29, 0.717) is 18.0 Å². The van der Waals surface area contributed by atoms with Gasteiger partial charge in [0.2, 0.25) is 0 Å². The number of nitrogens with zero attached hydrogens (tertiary/aromatic N) is 3. The number of piperidine rings is 1. The van der Waals surface area contributed by atoms with Crippen molar-refractivity contribution < 1.29 is 22.7 Å². The fourth-order valence-corrected chi connectivity index (χ4v) is 7.04. The third-order valence-corrected chi connectivity index (χ3v) is 8.62. The predicted molar refractivity (Wildman–Crippen MR) is 144 cm³/mol. The summed E-state index contributed by atoms with van der Waals surface area (Å²) in [4.78, 5) is 16.5. The first-order chi connectivity index (χ1) is 17.8. The average molecular weight is 551 g/mol. The fourth-order valence-electron chi connectivity index (χ4n) is 6.48. The topological polar surface area (TPSA) is 68.6 Å². The second-order valence-electron chi connectivity index (χ2n) is 11.6. The van der Waals surface area contributed by atoms with Crippen LogP contribution < -0.4 is 10.2 Å². The van der Waals surface area contributed by atoms with Crippen LogP contribution in [0.1, 0.15) is 83.8 Å². The van der Waals surface area contributed by atoms with Gasteiger partial charge in [-0.25, -0.2) is 0 Å². The van der Waals surface area contributed by atoms with Gasteiger partial charge in [-0.2, -0.15) is 18.4 Å². The van der Waals surface area contributed by atoms with Crippen LogP contribution in [0.4, 0.5) is 18.9 Å².